The molecule has 0 aromatic heterocycles. The molecule has 0 saturated heterocycles. The van der Waals surface area contributed by atoms with Gasteiger partial charge in [-0.1, -0.05) is 363 Å². The Balaban J connectivity index is 5.23. The smallest absolute Gasteiger partial charge is 0.462 e. The summed E-state index contributed by atoms with van der Waals surface area (Å²) in [6.07, 6.45) is 59.6. The van der Waals surface area contributed by atoms with Crippen molar-refractivity contribution in [2.24, 2.45) is 11.8 Å². The number of phosphoric acid groups is 2. The molecule has 0 fully saturated rings. The maximum absolute atomic E-state index is 13.1. The van der Waals surface area contributed by atoms with E-state index in [1.54, 1.807) is 0 Å². The van der Waals surface area contributed by atoms with Gasteiger partial charge in [-0.15, -0.1) is 0 Å². The standard InChI is InChI=1S/C79H154O17P2/c1-7-10-12-14-16-18-20-21-22-23-24-25-29-33-37-44-50-56-62-77(82)90-67-74(95-78(83)63-57-51-45-38-34-30-27-26-28-32-35-42-48-54-60-72(6)9-3)69-93-97(85,86)91-65-73(80)66-92-98(87,88)94-70-75(96-79(84)64-58-52-46-40-39-41-47-53-59-71(4)5)68-89-76(81)61-55-49-43-36-31-19-17-15-13-11-8-2/h71-75,80H,7-70H2,1-6H3,(H,85,86)(H,87,88)/t72?,73-,74-,75-/m1/s1. The average Bonchev–Trinajstić information content (AvgIpc) is 1.21. The summed E-state index contributed by atoms with van der Waals surface area (Å²) in [5.74, 6) is -0.548. The van der Waals surface area contributed by atoms with E-state index in [0.717, 1.165) is 102 Å². The highest BCUT2D eigenvalue weighted by atomic mass is 31.2. The fraction of sp³-hybridized carbons (Fsp3) is 0.949. The number of ether oxygens (including phenoxy) is 4. The zero-order valence-corrected chi connectivity index (χ0v) is 65.9. The van der Waals surface area contributed by atoms with Crippen LogP contribution in [0.1, 0.15) is 414 Å². The maximum Gasteiger partial charge on any atom is 0.472 e. The zero-order valence-electron chi connectivity index (χ0n) is 64.1. The molecule has 0 rings (SSSR count). The molecule has 6 atom stereocenters. The van der Waals surface area contributed by atoms with Crippen LogP contribution in [0.4, 0.5) is 0 Å². The van der Waals surface area contributed by atoms with Gasteiger partial charge in [0.2, 0.25) is 0 Å². The highest BCUT2D eigenvalue weighted by Gasteiger charge is 2.30. The maximum atomic E-state index is 13.1. The molecule has 0 aliphatic rings. The van der Waals surface area contributed by atoms with Crippen molar-refractivity contribution >= 4 is 39.5 Å². The van der Waals surface area contributed by atoms with E-state index in [1.807, 2.05) is 0 Å². The lowest BCUT2D eigenvalue weighted by Crippen LogP contribution is -2.30. The second-order valence-electron chi connectivity index (χ2n) is 29.2. The van der Waals surface area contributed by atoms with Crippen LogP contribution < -0.4 is 0 Å². The molecule has 3 N–H and O–H groups in total. The highest BCUT2D eigenvalue weighted by Crippen LogP contribution is 2.45. The number of aliphatic hydroxyl groups excluding tert-OH is 1. The minimum Gasteiger partial charge on any atom is -0.462 e. The van der Waals surface area contributed by atoms with Gasteiger partial charge in [0.05, 0.1) is 26.4 Å². The van der Waals surface area contributed by atoms with Crippen molar-refractivity contribution in [3.8, 4) is 0 Å². The van der Waals surface area contributed by atoms with Crippen LogP contribution in [0, 0.1) is 11.8 Å². The molecule has 3 unspecified atom stereocenters. The Hall–Kier alpha value is -1.94. The topological polar surface area (TPSA) is 237 Å². The number of phosphoric ester groups is 2. The fourth-order valence-electron chi connectivity index (χ4n) is 12.2. The molecule has 582 valence electrons. The highest BCUT2D eigenvalue weighted by molar-refractivity contribution is 7.47. The van der Waals surface area contributed by atoms with Crippen molar-refractivity contribution in [1.29, 1.82) is 0 Å². The number of hydrogen-bond acceptors (Lipinski definition) is 15. The lowest BCUT2D eigenvalue weighted by Gasteiger charge is -2.21. The van der Waals surface area contributed by atoms with Crippen molar-refractivity contribution < 1.29 is 80.2 Å². The number of esters is 4. The number of unbranched alkanes of at least 4 members (excludes halogenated alkanes) is 47. The third-order valence-electron chi connectivity index (χ3n) is 18.8. The Kier molecular flexibility index (Phi) is 69.3. The van der Waals surface area contributed by atoms with Gasteiger partial charge in [0.25, 0.3) is 0 Å². The van der Waals surface area contributed by atoms with E-state index in [2.05, 4.69) is 41.5 Å². The molecule has 0 spiro atoms. The SMILES string of the molecule is CCCCCCCCCCCCCCCCCCCCC(=O)OC[C@H](COP(=O)(O)OC[C@@H](O)COP(=O)(O)OC[C@@H](COC(=O)CCCCCCCCCCCCC)OC(=O)CCCCCCCCCCC(C)C)OC(=O)CCCCCCCCCCCCCCCCC(C)CC. The molecule has 0 aromatic carbocycles. The molecule has 0 saturated carbocycles. The summed E-state index contributed by atoms with van der Waals surface area (Å²) in [5, 5.41) is 10.6. The first-order chi connectivity index (χ1) is 47.4. The van der Waals surface area contributed by atoms with Gasteiger partial charge in [-0.3, -0.25) is 37.3 Å². The largest absolute Gasteiger partial charge is 0.472 e. The lowest BCUT2D eigenvalue weighted by atomic mass is 9.99. The van der Waals surface area contributed by atoms with E-state index in [4.69, 9.17) is 37.0 Å². The van der Waals surface area contributed by atoms with Gasteiger partial charge in [-0.2, -0.15) is 0 Å². The van der Waals surface area contributed by atoms with Crippen molar-refractivity contribution in [2.45, 2.75) is 432 Å². The molecule has 19 heteroatoms. The first kappa shape index (κ1) is 96.1. The Bertz CT molecular complexity index is 1890. The summed E-state index contributed by atoms with van der Waals surface area (Å²) < 4.78 is 68.6. The van der Waals surface area contributed by atoms with Gasteiger partial charge >= 0.3 is 39.5 Å². The second-order valence-corrected chi connectivity index (χ2v) is 32.1. The Morgan fingerprint density at radius 2 is 0.520 bits per heavy atom. The van der Waals surface area contributed by atoms with Gasteiger partial charge in [0.15, 0.2) is 12.2 Å². The van der Waals surface area contributed by atoms with Crippen molar-refractivity contribution in [3.63, 3.8) is 0 Å². The minimum atomic E-state index is -4.96. The molecule has 0 radical (unpaired) electrons. The number of rotatable bonds is 78. The second kappa shape index (κ2) is 70.7. The molecule has 17 nitrogen and oxygen atoms in total. The van der Waals surface area contributed by atoms with Crippen molar-refractivity contribution in [1.82, 2.24) is 0 Å². The molecule has 0 bridgehead atoms. The van der Waals surface area contributed by atoms with Crippen LogP contribution in [0.5, 0.6) is 0 Å². The summed E-state index contributed by atoms with van der Waals surface area (Å²) in [5.41, 5.74) is 0. The van der Waals surface area contributed by atoms with E-state index in [-0.39, 0.29) is 25.7 Å². The quantitative estimate of drug-likeness (QED) is 0.0222. The Labute approximate surface area is 600 Å². The van der Waals surface area contributed by atoms with Gasteiger partial charge in [0.1, 0.15) is 19.3 Å². The molecule has 98 heavy (non-hydrogen) atoms. The molecular formula is C79H154O17P2. The number of hydrogen-bond donors (Lipinski definition) is 3. The lowest BCUT2D eigenvalue weighted by molar-refractivity contribution is -0.161. The zero-order chi connectivity index (χ0) is 72.1. The van der Waals surface area contributed by atoms with Gasteiger partial charge in [0, 0.05) is 25.7 Å². The van der Waals surface area contributed by atoms with Gasteiger partial charge in [-0.05, 0) is 37.5 Å². The molecule has 0 heterocycles. The first-order valence-corrected chi connectivity index (χ1v) is 44.0. The average molecular weight is 1440 g/mol. The summed E-state index contributed by atoms with van der Waals surface area (Å²) in [4.78, 5) is 72.9. The van der Waals surface area contributed by atoms with Crippen LogP contribution in [0.25, 0.3) is 0 Å². The Morgan fingerprint density at radius 3 is 0.776 bits per heavy atom. The third kappa shape index (κ3) is 71.1. The number of aliphatic hydroxyl groups is 1. The van der Waals surface area contributed by atoms with Crippen molar-refractivity contribution in [2.75, 3.05) is 39.6 Å². The van der Waals surface area contributed by atoms with Crippen LogP contribution in [-0.4, -0.2) is 96.7 Å². The predicted molar refractivity (Wildman–Crippen MR) is 400 cm³/mol. The number of carbonyl (C=O) groups is 4. The van der Waals surface area contributed by atoms with Crippen LogP contribution in [0.3, 0.4) is 0 Å². The van der Waals surface area contributed by atoms with Crippen LogP contribution >= 0.6 is 15.6 Å². The van der Waals surface area contributed by atoms with E-state index in [0.29, 0.717) is 25.7 Å². The monoisotopic (exact) mass is 1440 g/mol. The van der Waals surface area contributed by atoms with E-state index >= 15 is 0 Å². The molecule has 0 aromatic rings. The fourth-order valence-corrected chi connectivity index (χ4v) is 13.7. The van der Waals surface area contributed by atoms with E-state index < -0.39 is 97.5 Å². The molecule has 0 aliphatic heterocycles. The first-order valence-electron chi connectivity index (χ1n) is 41.0. The summed E-state index contributed by atoms with van der Waals surface area (Å²) in [6.45, 7) is 9.63. The summed E-state index contributed by atoms with van der Waals surface area (Å²) >= 11 is 0. The van der Waals surface area contributed by atoms with Crippen LogP contribution in [0.15, 0.2) is 0 Å². The summed E-state index contributed by atoms with van der Waals surface area (Å²) in [7, 11) is -9.91. The summed E-state index contributed by atoms with van der Waals surface area (Å²) in [6, 6.07) is 0. The van der Waals surface area contributed by atoms with E-state index in [9.17, 15) is 43.2 Å². The van der Waals surface area contributed by atoms with Gasteiger partial charge < -0.3 is 33.8 Å². The van der Waals surface area contributed by atoms with Crippen molar-refractivity contribution in [3.05, 3.63) is 0 Å². The Morgan fingerprint density at radius 1 is 0.296 bits per heavy atom. The third-order valence-corrected chi connectivity index (χ3v) is 20.7. The minimum absolute atomic E-state index is 0.105. The van der Waals surface area contributed by atoms with E-state index in [1.165, 1.54) is 231 Å². The number of carbonyl (C=O) groups excluding carboxylic acids is 4. The predicted octanol–water partition coefficient (Wildman–Crippen LogP) is 23.5. The van der Waals surface area contributed by atoms with Crippen LogP contribution in [0.2, 0.25) is 0 Å². The van der Waals surface area contributed by atoms with Gasteiger partial charge in [-0.25, -0.2) is 9.13 Å². The molecular weight excluding hydrogens is 1280 g/mol. The normalized spacial score (nSPS) is 14.2. The molecule has 0 aliphatic carbocycles. The van der Waals surface area contributed by atoms with Crippen LogP contribution in [-0.2, 0) is 65.4 Å². The molecule has 0 amide bonds.